The number of likely N-dealkylation sites (tertiary alicyclic amines) is 1. The fourth-order valence-electron chi connectivity index (χ4n) is 4.24. The molecule has 0 N–H and O–H groups in total. The molecule has 3 aromatic rings. The molecule has 1 aliphatic rings. The van der Waals surface area contributed by atoms with E-state index in [4.69, 9.17) is 4.98 Å². The van der Waals surface area contributed by atoms with Crippen molar-refractivity contribution in [3.8, 4) is 0 Å². The molecular formula is C23H26FN3O2S. The third kappa shape index (κ3) is 3.45. The van der Waals surface area contributed by atoms with Crippen molar-refractivity contribution in [3.63, 3.8) is 0 Å². The summed E-state index contributed by atoms with van der Waals surface area (Å²) >= 11 is 1.55. The molecule has 1 unspecified atom stereocenters. The minimum Gasteiger partial charge on any atom is -0.336 e. The highest BCUT2D eigenvalue weighted by Gasteiger charge is 2.30. The van der Waals surface area contributed by atoms with Gasteiger partial charge in [-0.15, -0.1) is 11.3 Å². The fourth-order valence-corrected chi connectivity index (χ4v) is 5.26. The van der Waals surface area contributed by atoms with Gasteiger partial charge >= 0.3 is 0 Å². The zero-order valence-corrected chi connectivity index (χ0v) is 18.6. The maximum atomic E-state index is 14.2. The summed E-state index contributed by atoms with van der Waals surface area (Å²) in [5.41, 5.74) is 1.02. The second-order valence-electron chi connectivity index (χ2n) is 8.29. The Labute approximate surface area is 179 Å². The van der Waals surface area contributed by atoms with Crippen molar-refractivity contribution in [2.45, 2.75) is 52.5 Å². The zero-order chi connectivity index (χ0) is 21.6. The first-order valence-corrected chi connectivity index (χ1v) is 11.2. The number of benzene rings is 1. The maximum absolute atomic E-state index is 14.2. The lowest BCUT2D eigenvalue weighted by Gasteiger charge is -2.35. The van der Waals surface area contributed by atoms with E-state index in [0.717, 1.165) is 33.9 Å². The van der Waals surface area contributed by atoms with Gasteiger partial charge < -0.3 is 4.90 Å². The molecule has 2 aromatic heterocycles. The normalized spacial score (nSPS) is 17.1. The predicted octanol–water partition coefficient (Wildman–Crippen LogP) is 4.81. The number of aromatic nitrogens is 2. The van der Waals surface area contributed by atoms with E-state index in [9.17, 15) is 14.0 Å². The zero-order valence-electron chi connectivity index (χ0n) is 17.7. The quantitative estimate of drug-likeness (QED) is 0.602. The number of piperidine rings is 1. The van der Waals surface area contributed by atoms with E-state index < -0.39 is 5.82 Å². The number of halogens is 1. The molecule has 4 rings (SSSR count). The number of amides is 1. The molecule has 5 nitrogen and oxygen atoms in total. The lowest BCUT2D eigenvalue weighted by atomic mass is 10.0. The van der Waals surface area contributed by atoms with Crippen LogP contribution in [0.15, 0.2) is 29.1 Å². The maximum Gasteiger partial charge on any atom is 0.262 e. The predicted molar refractivity (Wildman–Crippen MR) is 118 cm³/mol. The molecule has 158 valence electrons. The summed E-state index contributed by atoms with van der Waals surface area (Å²) in [5, 5.41) is 0.680. The van der Waals surface area contributed by atoms with Crippen molar-refractivity contribution < 1.29 is 9.18 Å². The van der Waals surface area contributed by atoms with Gasteiger partial charge in [0.2, 0.25) is 0 Å². The van der Waals surface area contributed by atoms with Crippen LogP contribution < -0.4 is 5.56 Å². The van der Waals surface area contributed by atoms with Crippen molar-refractivity contribution >= 4 is 27.5 Å². The van der Waals surface area contributed by atoms with Crippen molar-refractivity contribution in [2.24, 2.45) is 0 Å². The van der Waals surface area contributed by atoms with Gasteiger partial charge in [-0.3, -0.25) is 14.2 Å². The molecule has 0 saturated carbocycles. The van der Waals surface area contributed by atoms with E-state index in [2.05, 4.69) is 0 Å². The van der Waals surface area contributed by atoms with Gasteiger partial charge in [0.1, 0.15) is 16.5 Å². The van der Waals surface area contributed by atoms with Crippen molar-refractivity contribution in [1.29, 1.82) is 0 Å². The molecule has 1 atom stereocenters. The number of carbonyl (C=O) groups is 1. The standard InChI is InChI=1S/C23H26FN3O2S/c1-13(2)20-25-21-19(14(3)15(4)30-21)23(29)27(20)16-8-7-11-26(12-16)22(28)17-9-5-6-10-18(17)24/h5-6,9-10,13,16H,7-8,11-12H2,1-4H3. The minimum absolute atomic E-state index is 0.0317. The Morgan fingerprint density at radius 3 is 2.70 bits per heavy atom. The molecule has 0 radical (unpaired) electrons. The molecule has 0 aliphatic carbocycles. The number of rotatable bonds is 3. The molecule has 0 spiro atoms. The van der Waals surface area contributed by atoms with Crippen LogP contribution in [0, 0.1) is 19.7 Å². The smallest absolute Gasteiger partial charge is 0.262 e. The number of hydrogen-bond acceptors (Lipinski definition) is 4. The second-order valence-corrected chi connectivity index (χ2v) is 9.49. The topological polar surface area (TPSA) is 55.2 Å². The van der Waals surface area contributed by atoms with E-state index in [1.54, 1.807) is 32.9 Å². The average Bonchev–Trinajstić information content (AvgIpc) is 3.01. The Kier molecular flexibility index (Phi) is 5.49. The Balaban J connectivity index is 1.76. The highest BCUT2D eigenvalue weighted by atomic mass is 32.1. The first-order valence-electron chi connectivity index (χ1n) is 10.4. The van der Waals surface area contributed by atoms with Crippen LogP contribution in [0.25, 0.3) is 10.2 Å². The number of thiophene rings is 1. The summed E-state index contributed by atoms with van der Waals surface area (Å²) in [4.78, 5) is 34.9. The lowest BCUT2D eigenvalue weighted by molar-refractivity contribution is 0.0670. The van der Waals surface area contributed by atoms with Gasteiger partial charge in [0.15, 0.2) is 0 Å². The molecule has 1 aliphatic heterocycles. The summed E-state index contributed by atoms with van der Waals surface area (Å²) in [6, 6.07) is 5.88. The van der Waals surface area contributed by atoms with Gasteiger partial charge in [-0.2, -0.15) is 0 Å². The van der Waals surface area contributed by atoms with Crippen molar-refractivity contribution in [1.82, 2.24) is 14.5 Å². The van der Waals surface area contributed by atoms with Gasteiger partial charge in [0, 0.05) is 23.9 Å². The number of aryl methyl sites for hydroxylation is 2. The summed E-state index contributed by atoms with van der Waals surface area (Å²) in [6.07, 6.45) is 1.55. The van der Waals surface area contributed by atoms with Gasteiger partial charge in [0.25, 0.3) is 11.5 Å². The fraction of sp³-hybridized carbons (Fsp3) is 0.435. The number of carbonyl (C=O) groups excluding carboxylic acids is 1. The van der Waals surface area contributed by atoms with Gasteiger partial charge in [0.05, 0.1) is 17.0 Å². The Bertz CT molecular complexity index is 1180. The highest BCUT2D eigenvalue weighted by Crippen LogP contribution is 2.31. The summed E-state index contributed by atoms with van der Waals surface area (Å²) in [6.45, 7) is 8.97. The summed E-state index contributed by atoms with van der Waals surface area (Å²) in [5.74, 6) is -0.0212. The summed E-state index contributed by atoms with van der Waals surface area (Å²) < 4.78 is 16.0. The first kappa shape index (κ1) is 20.7. The monoisotopic (exact) mass is 427 g/mol. The molecule has 1 aromatic carbocycles. The third-order valence-corrected chi connectivity index (χ3v) is 7.03. The molecule has 1 amide bonds. The van der Waals surface area contributed by atoms with Crippen LogP contribution in [0.4, 0.5) is 4.39 Å². The second kappa shape index (κ2) is 7.95. The van der Waals surface area contributed by atoms with Gasteiger partial charge in [-0.25, -0.2) is 9.37 Å². The van der Waals surface area contributed by atoms with Crippen molar-refractivity contribution in [2.75, 3.05) is 13.1 Å². The van der Waals surface area contributed by atoms with Crippen LogP contribution in [0.2, 0.25) is 0 Å². The van der Waals surface area contributed by atoms with Crippen LogP contribution >= 0.6 is 11.3 Å². The molecule has 30 heavy (non-hydrogen) atoms. The van der Waals surface area contributed by atoms with Crippen LogP contribution in [0.5, 0.6) is 0 Å². The summed E-state index contributed by atoms with van der Waals surface area (Å²) in [7, 11) is 0. The van der Waals surface area contributed by atoms with Crippen LogP contribution in [0.3, 0.4) is 0 Å². The Hall–Kier alpha value is -2.54. The van der Waals surface area contributed by atoms with E-state index in [1.807, 2.05) is 27.7 Å². The molecule has 1 saturated heterocycles. The first-order chi connectivity index (χ1) is 14.3. The molecule has 0 bridgehead atoms. The molecule has 3 heterocycles. The van der Waals surface area contributed by atoms with Crippen molar-refractivity contribution in [3.05, 3.63) is 62.3 Å². The Morgan fingerprint density at radius 1 is 1.27 bits per heavy atom. The van der Waals surface area contributed by atoms with Crippen LogP contribution in [-0.2, 0) is 0 Å². The average molecular weight is 428 g/mol. The SMILES string of the molecule is Cc1sc2nc(C(C)C)n(C3CCCN(C(=O)c4ccccc4F)C3)c(=O)c2c1C. The van der Waals surface area contributed by atoms with Crippen LogP contribution in [-0.4, -0.2) is 33.4 Å². The molecule has 1 fully saturated rings. The number of fused-ring (bicyclic) bond motifs is 1. The Morgan fingerprint density at radius 2 is 2.00 bits per heavy atom. The lowest BCUT2D eigenvalue weighted by Crippen LogP contribution is -2.44. The third-order valence-electron chi connectivity index (χ3n) is 5.93. The highest BCUT2D eigenvalue weighted by molar-refractivity contribution is 7.18. The van der Waals surface area contributed by atoms with Gasteiger partial charge in [-0.1, -0.05) is 26.0 Å². The molecule has 7 heteroatoms. The van der Waals surface area contributed by atoms with E-state index >= 15 is 0 Å². The van der Waals surface area contributed by atoms with Gasteiger partial charge in [-0.05, 0) is 44.4 Å². The van der Waals surface area contributed by atoms with E-state index in [-0.39, 0.29) is 29.0 Å². The molecular weight excluding hydrogens is 401 g/mol. The van der Waals surface area contributed by atoms with E-state index in [0.29, 0.717) is 18.5 Å². The van der Waals surface area contributed by atoms with Crippen LogP contribution in [0.1, 0.15) is 65.3 Å². The number of hydrogen-bond donors (Lipinski definition) is 0. The minimum atomic E-state index is -0.517. The largest absolute Gasteiger partial charge is 0.336 e. The number of nitrogens with zero attached hydrogens (tertiary/aromatic N) is 3. The van der Waals surface area contributed by atoms with E-state index in [1.165, 1.54) is 12.1 Å².